The molecule has 1 heterocycles. The van der Waals surface area contributed by atoms with E-state index < -0.39 is 12.1 Å². The van der Waals surface area contributed by atoms with E-state index in [9.17, 15) is 9.59 Å². The number of carboxylic acid groups (broad SMARTS) is 1. The van der Waals surface area contributed by atoms with Crippen LogP contribution in [0.25, 0.3) is 0 Å². The number of nitrogens with one attached hydrogen (secondary N) is 1. The van der Waals surface area contributed by atoms with Crippen LogP contribution < -0.4 is 5.32 Å². The van der Waals surface area contributed by atoms with Crippen molar-refractivity contribution in [2.75, 3.05) is 11.9 Å². The SMILES string of the molecule is C=CCOC(=O)Nc1cc(C)n(CC(=O)O)n1. The Labute approximate surface area is 97.7 Å². The molecule has 0 saturated carbocycles. The zero-order valence-corrected chi connectivity index (χ0v) is 9.34. The number of nitrogens with zero attached hydrogens (tertiary/aromatic N) is 2. The Hall–Kier alpha value is -2.31. The molecule has 0 aliphatic heterocycles. The van der Waals surface area contributed by atoms with E-state index in [0.717, 1.165) is 0 Å². The lowest BCUT2D eigenvalue weighted by atomic mass is 10.4. The van der Waals surface area contributed by atoms with Crippen LogP contribution in [0.5, 0.6) is 0 Å². The lowest BCUT2D eigenvalue weighted by Crippen LogP contribution is -2.15. The van der Waals surface area contributed by atoms with E-state index in [1.807, 2.05) is 0 Å². The fourth-order valence-corrected chi connectivity index (χ4v) is 1.13. The van der Waals surface area contributed by atoms with E-state index in [4.69, 9.17) is 9.84 Å². The van der Waals surface area contributed by atoms with Crippen LogP contribution in [0, 0.1) is 6.92 Å². The molecule has 0 spiro atoms. The molecular weight excluding hydrogens is 226 g/mol. The van der Waals surface area contributed by atoms with Crippen molar-refractivity contribution in [2.45, 2.75) is 13.5 Å². The third-order valence-electron chi connectivity index (χ3n) is 1.83. The van der Waals surface area contributed by atoms with Gasteiger partial charge in [-0.2, -0.15) is 5.10 Å². The van der Waals surface area contributed by atoms with Crippen molar-refractivity contribution in [1.82, 2.24) is 9.78 Å². The van der Waals surface area contributed by atoms with Crippen LogP contribution in [0.15, 0.2) is 18.7 Å². The summed E-state index contributed by atoms with van der Waals surface area (Å²) < 4.78 is 5.96. The molecule has 0 saturated heterocycles. The van der Waals surface area contributed by atoms with E-state index in [1.165, 1.54) is 10.8 Å². The van der Waals surface area contributed by atoms with Crippen molar-refractivity contribution in [3.63, 3.8) is 0 Å². The molecule has 1 aromatic heterocycles. The highest BCUT2D eigenvalue weighted by Gasteiger charge is 2.10. The van der Waals surface area contributed by atoms with Gasteiger partial charge in [-0.05, 0) is 6.92 Å². The quantitative estimate of drug-likeness (QED) is 0.748. The van der Waals surface area contributed by atoms with Gasteiger partial charge in [0.05, 0.1) is 0 Å². The summed E-state index contributed by atoms with van der Waals surface area (Å²) in [6, 6.07) is 1.55. The number of aryl methyl sites for hydroxylation is 1. The zero-order valence-electron chi connectivity index (χ0n) is 9.34. The van der Waals surface area contributed by atoms with Gasteiger partial charge in [-0.1, -0.05) is 12.7 Å². The van der Waals surface area contributed by atoms with Crippen LogP contribution >= 0.6 is 0 Å². The largest absolute Gasteiger partial charge is 0.480 e. The van der Waals surface area contributed by atoms with Crippen LogP contribution in [0.1, 0.15) is 5.69 Å². The average molecular weight is 239 g/mol. The Balaban J connectivity index is 2.63. The van der Waals surface area contributed by atoms with Crippen LogP contribution in [-0.2, 0) is 16.1 Å². The Morgan fingerprint density at radius 2 is 2.41 bits per heavy atom. The lowest BCUT2D eigenvalue weighted by molar-refractivity contribution is -0.137. The second-order valence-electron chi connectivity index (χ2n) is 3.23. The molecule has 0 radical (unpaired) electrons. The summed E-state index contributed by atoms with van der Waals surface area (Å²) in [5.41, 5.74) is 0.631. The topological polar surface area (TPSA) is 93.5 Å². The van der Waals surface area contributed by atoms with E-state index in [2.05, 4.69) is 17.0 Å². The number of carbonyl (C=O) groups is 2. The monoisotopic (exact) mass is 239 g/mol. The van der Waals surface area contributed by atoms with Crippen LogP contribution in [0.2, 0.25) is 0 Å². The van der Waals surface area contributed by atoms with Gasteiger partial charge in [0.2, 0.25) is 0 Å². The molecule has 0 aliphatic carbocycles. The first-order valence-corrected chi connectivity index (χ1v) is 4.84. The first-order valence-electron chi connectivity index (χ1n) is 4.84. The Morgan fingerprint density at radius 1 is 1.71 bits per heavy atom. The number of anilines is 1. The van der Waals surface area contributed by atoms with E-state index in [-0.39, 0.29) is 19.0 Å². The predicted molar refractivity (Wildman–Crippen MR) is 59.8 cm³/mol. The maximum absolute atomic E-state index is 11.2. The first-order chi connectivity index (χ1) is 8.02. The molecule has 1 aromatic rings. The maximum Gasteiger partial charge on any atom is 0.413 e. The smallest absolute Gasteiger partial charge is 0.413 e. The molecule has 1 rings (SSSR count). The fourth-order valence-electron chi connectivity index (χ4n) is 1.13. The number of ether oxygens (including phenoxy) is 1. The Bertz CT molecular complexity index is 439. The van der Waals surface area contributed by atoms with Crippen molar-refractivity contribution in [1.29, 1.82) is 0 Å². The van der Waals surface area contributed by atoms with Crippen LogP contribution in [-0.4, -0.2) is 33.6 Å². The van der Waals surface area contributed by atoms with E-state index in [0.29, 0.717) is 5.69 Å². The van der Waals surface area contributed by atoms with Crippen LogP contribution in [0.3, 0.4) is 0 Å². The summed E-state index contributed by atoms with van der Waals surface area (Å²) in [4.78, 5) is 21.7. The molecule has 17 heavy (non-hydrogen) atoms. The van der Waals surface area contributed by atoms with Gasteiger partial charge in [0.1, 0.15) is 13.2 Å². The highest BCUT2D eigenvalue weighted by Crippen LogP contribution is 2.08. The standard InChI is InChI=1S/C10H13N3O4/c1-3-4-17-10(16)11-8-5-7(2)13(12-8)6-9(14)15/h3,5H,1,4,6H2,2H3,(H,14,15)(H,11,12,16). The van der Waals surface area contributed by atoms with Crippen molar-refractivity contribution in [3.8, 4) is 0 Å². The molecule has 92 valence electrons. The molecule has 7 nitrogen and oxygen atoms in total. The molecular formula is C10H13N3O4. The minimum atomic E-state index is -1.00. The lowest BCUT2D eigenvalue weighted by Gasteiger charge is -2.01. The number of amides is 1. The molecule has 2 N–H and O–H groups in total. The van der Waals surface area contributed by atoms with Crippen molar-refractivity contribution in [3.05, 3.63) is 24.4 Å². The fraction of sp³-hybridized carbons (Fsp3) is 0.300. The van der Waals surface area contributed by atoms with Crippen molar-refractivity contribution < 1.29 is 19.4 Å². The van der Waals surface area contributed by atoms with Gasteiger partial charge < -0.3 is 9.84 Å². The van der Waals surface area contributed by atoms with Crippen molar-refractivity contribution in [2.24, 2.45) is 0 Å². The summed E-state index contributed by atoms with van der Waals surface area (Å²) in [5, 5.41) is 14.9. The van der Waals surface area contributed by atoms with Crippen molar-refractivity contribution >= 4 is 17.9 Å². The molecule has 0 aliphatic rings. The summed E-state index contributed by atoms with van der Waals surface area (Å²) in [5.74, 6) is -0.755. The molecule has 0 fully saturated rings. The van der Waals surface area contributed by atoms with E-state index >= 15 is 0 Å². The van der Waals surface area contributed by atoms with Gasteiger partial charge in [-0.15, -0.1) is 0 Å². The predicted octanol–water partition coefficient (Wildman–Crippen LogP) is 1.01. The van der Waals surface area contributed by atoms with Gasteiger partial charge >= 0.3 is 12.1 Å². The summed E-state index contributed by atoms with van der Waals surface area (Å²) >= 11 is 0. The minimum absolute atomic E-state index is 0.0979. The first kappa shape index (κ1) is 12.8. The zero-order chi connectivity index (χ0) is 12.8. The van der Waals surface area contributed by atoms with Gasteiger partial charge in [-0.3, -0.25) is 14.8 Å². The number of hydrogen-bond donors (Lipinski definition) is 2. The number of rotatable bonds is 5. The summed E-state index contributed by atoms with van der Waals surface area (Å²) in [7, 11) is 0. The molecule has 1 amide bonds. The number of carbonyl (C=O) groups excluding carboxylic acids is 1. The number of carboxylic acids is 1. The molecule has 7 heteroatoms. The summed E-state index contributed by atoms with van der Waals surface area (Å²) in [6.07, 6.45) is 0.776. The average Bonchev–Trinajstić information content (AvgIpc) is 2.55. The number of aliphatic carboxylic acids is 1. The molecule has 0 bridgehead atoms. The molecule has 0 unspecified atom stereocenters. The van der Waals surface area contributed by atoms with E-state index in [1.54, 1.807) is 13.0 Å². The summed E-state index contributed by atoms with van der Waals surface area (Å²) in [6.45, 7) is 4.93. The van der Waals surface area contributed by atoms with Gasteiger partial charge in [0, 0.05) is 11.8 Å². The second kappa shape index (κ2) is 5.69. The second-order valence-corrected chi connectivity index (χ2v) is 3.23. The van der Waals surface area contributed by atoms with Crippen LogP contribution in [0.4, 0.5) is 10.6 Å². The third kappa shape index (κ3) is 3.98. The molecule has 0 aromatic carbocycles. The highest BCUT2D eigenvalue weighted by molar-refractivity contribution is 5.83. The Morgan fingerprint density at radius 3 is 3.00 bits per heavy atom. The van der Waals surface area contributed by atoms with Gasteiger partial charge in [-0.25, -0.2) is 4.79 Å². The number of hydrogen-bond acceptors (Lipinski definition) is 4. The maximum atomic E-state index is 11.2. The van der Waals surface area contributed by atoms with Gasteiger partial charge in [0.25, 0.3) is 0 Å². The Kier molecular flexibility index (Phi) is 4.27. The third-order valence-corrected chi connectivity index (χ3v) is 1.83. The highest BCUT2D eigenvalue weighted by atomic mass is 16.5. The number of aromatic nitrogens is 2. The normalized spacial score (nSPS) is 9.71. The molecule has 0 atom stereocenters. The van der Waals surface area contributed by atoms with Gasteiger partial charge in [0.15, 0.2) is 5.82 Å². The minimum Gasteiger partial charge on any atom is -0.480 e.